The number of hydrogen-bond acceptors (Lipinski definition) is 0. The van der Waals surface area contributed by atoms with Gasteiger partial charge in [-0.05, 0) is 140 Å². The molecule has 0 aliphatic heterocycles. The van der Waals surface area contributed by atoms with Gasteiger partial charge in [-0.25, -0.2) is 0 Å². The van der Waals surface area contributed by atoms with Crippen LogP contribution in [0, 0.1) is 0 Å². The fourth-order valence-electron chi connectivity index (χ4n) is 8.94. The van der Waals surface area contributed by atoms with Crippen LogP contribution < -0.4 is 0 Å². The zero-order valence-electron chi connectivity index (χ0n) is 30.8. The maximum Gasteiger partial charge on any atom is -0.00928 e. The maximum atomic E-state index is 2.42. The van der Waals surface area contributed by atoms with Crippen LogP contribution in [-0.2, 0) is 0 Å². The lowest BCUT2D eigenvalue weighted by Crippen LogP contribution is -1.90. The van der Waals surface area contributed by atoms with Crippen molar-refractivity contribution in [2.75, 3.05) is 0 Å². The first kappa shape index (κ1) is 32.2. The van der Waals surface area contributed by atoms with E-state index in [4.69, 9.17) is 0 Å². The summed E-state index contributed by atoms with van der Waals surface area (Å²) in [6.07, 6.45) is 0. The van der Waals surface area contributed by atoms with Crippen LogP contribution >= 0.6 is 0 Å². The van der Waals surface area contributed by atoms with Crippen molar-refractivity contribution in [2.24, 2.45) is 0 Å². The summed E-state index contributed by atoms with van der Waals surface area (Å²) >= 11 is 0. The fourth-order valence-corrected chi connectivity index (χ4v) is 8.94. The monoisotopic (exact) mass is 708 g/mol. The first-order valence-corrected chi connectivity index (χ1v) is 19.4. The Bertz CT molecular complexity index is 3280. The molecule has 0 radical (unpaired) electrons. The molecule has 0 spiro atoms. The lowest BCUT2D eigenvalue weighted by atomic mass is 9.86. The molecule has 11 rings (SSSR count). The van der Waals surface area contributed by atoms with Gasteiger partial charge in [-0.2, -0.15) is 0 Å². The zero-order valence-corrected chi connectivity index (χ0v) is 30.8. The molecule has 0 nitrogen and oxygen atoms in total. The molecular formula is C56H36. The van der Waals surface area contributed by atoms with Gasteiger partial charge in [0, 0.05) is 0 Å². The quantitative estimate of drug-likeness (QED) is 0.156. The fraction of sp³-hybridized carbons (Fsp3) is 0. The Morgan fingerprint density at radius 3 is 1.36 bits per heavy atom. The Balaban J connectivity index is 1.11. The second-order valence-electron chi connectivity index (χ2n) is 14.8. The average Bonchev–Trinajstić information content (AvgIpc) is 3.28. The van der Waals surface area contributed by atoms with Crippen molar-refractivity contribution >= 4 is 53.9 Å². The molecule has 0 heterocycles. The van der Waals surface area contributed by atoms with Gasteiger partial charge in [0.15, 0.2) is 0 Å². The van der Waals surface area contributed by atoms with Crippen molar-refractivity contribution < 1.29 is 0 Å². The highest BCUT2D eigenvalue weighted by Gasteiger charge is 2.16. The van der Waals surface area contributed by atoms with Gasteiger partial charge in [0.1, 0.15) is 0 Å². The Morgan fingerprint density at radius 2 is 0.643 bits per heavy atom. The molecule has 0 unspecified atom stereocenters. The predicted molar refractivity (Wildman–Crippen MR) is 241 cm³/mol. The van der Waals surface area contributed by atoms with E-state index in [0.29, 0.717) is 0 Å². The molecule has 11 aromatic rings. The van der Waals surface area contributed by atoms with E-state index in [1.807, 2.05) is 0 Å². The molecule has 260 valence electrons. The van der Waals surface area contributed by atoms with Crippen LogP contribution in [0.4, 0.5) is 0 Å². The highest BCUT2D eigenvalue weighted by Crippen LogP contribution is 2.43. The van der Waals surface area contributed by atoms with Crippen LogP contribution in [0.15, 0.2) is 218 Å². The first-order valence-electron chi connectivity index (χ1n) is 19.4. The molecule has 0 saturated heterocycles. The maximum absolute atomic E-state index is 2.42. The summed E-state index contributed by atoms with van der Waals surface area (Å²) in [7, 11) is 0. The Labute approximate surface area is 326 Å². The highest BCUT2D eigenvalue weighted by molar-refractivity contribution is 6.17. The summed E-state index contributed by atoms with van der Waals surface area (Å²) in [4.78, 5) is 0. The van der Waals surface area contributed by atoms with Crippen LogP contribution in [0.2, 0.25) is 0 Å². The third kappa shape index (κ3) is 5.38. The third-order valence-corrected chi connectivity index (χ3v) is 11.6. The molecule has 0 saturated carbocycles. The van der Waals surface area contributed by atoms with Gasteiger partial charge in [-0.3, -0.25) is 0 Å². The number of fused-ring (bicyclic) bond motifs is 6. The summed E-state index contributed by atoms with van der Waals surface area (Å²) < 4.78 is 0. The van der Waals surface area contributed by atoms with E-state index in [2.05, 4.69) is 218 Å². The molecule has 0 aliphatic carbocycles. The largest absolute Gasteiger partial charge is 0.0622 e. The number of rotatable bonds is 5. The van der Waals surface area contributed by atoms with Gasteiger partial charge in [0.25, 0.3) is 0 Å². The van der Waals surface area contributed by atoms with Gasteiger partial charge in [-0.15, -0.1) is 0 Å². The minimum atomic E-state index is 1.22. The molecule has 0 N–H and O–H groups in total. The minimum Gasteiger partial charge on any atom is -0.0622 e. The van der Waals surface area contributed by atoms with Crippen LogP contribution in [0.1, 0.15) is 0 Å². The second-order valence-corrected chi connectivity index (χ2v) is 14.8. The van der Waals surface area contributed by atoms with Crippen LogP contribution in [-0.4, -0.2) is 0 Å². The Hall–Kier alpha value is -7.28. The van der Waals surface area contributed by atoms with Gasteiger partial charge >= 0.3 is 0 Å². The summed E-state index contributed by atoms with van der Waals surface area (Å²) in [6, 6.07) is 80.4. The SMILES string of the molecule is c1ccc(-c2cc3ccccc3cc2-c2ccc3c(c2)c(-c2ccccc2)cc2cc(-c4ccc(-c5cccc6ccccc56)c5ccccc45)ccc23)cc1. The molecule has 0 fully saturated rings. The number of benzene rings is 11. The molecule has 0 aliphatic rings. The van der Waals surface area contributed by atoms with Crippen LogP contribution in [0.3, 0.4) is 0 Å². The third-order valence-electron chi connectivity index (χ3n) is 11.6. The van der Waals surface area contributed by atoms with Crippen LogP contribution in [0.5, 0.6) is 0 Å². The van der Waals surface area contributed by atoms with E-state index in [1.54, 1.807) is 0 Å². The van der Waals surface area contributed by atoms with Gasteiger partial charge < -0.3 is 0 Å². The smallest absolute Gasteiger partial charge is 0.00928 e. The molecule has 11 aromatic carbocycles. The van der Waals surface area contributed by atoms with Crippen LogP contribution in [0.25, 0.3) is 109 Å². The molecule has 0 atom stereocenters. The molecular weight excluding hydrogens is 673 g/mol. The van der Waals surface area contributed by atoms with Crippen molar-refractivity contribution in [2.45, 2.75) is 0 Å². The van der Waals surface area contributed by atoms with Gasteiger partial charge in [-0.1, -0.05) is 188 Å². The molecule has 0 heteroatoms. The van der Waals surface area contributed by atoms with Crippen molar-refractivity contribution in [3.8, 4) is 55.6 Å². The van der Waals surface area contributed by atoms with Gasteiger partial charge in [0.05, 0.1) is 0 Å². The van der Waals surface area contributed by atoms with E-state index >= 15 is 0 Å². The van der Waals surface area contributed by atoms with Crippen molar-refractivity contribution in [1.29, 1.82) is 0 Å². The standard InChI is InChI=1S/C56H36/c1-3-14-38(15-4-1)53-33-40-19-7-8-20-41(40)34-55(53)43-27-29-51-47-28-26-42(32-44(47)36-54(56(51)35-43)39-16-5-2-6-17-39)46-30-31-52(50-24-12-11-23-48(46)50)49-25-13-21-37-18-9-10-22-45(37)49/h1-36H. The van der Waals surface area contributed by atoms with Gasteiger partial charge in [0.2, 0.25) is 0 Å². The Kier molecular flexibility index (Phi) is 7.60. The Morgan fingerprint density at radius 1 is 0.161 bits per heavy atom. The van der Waals surface area contributed by atoms with E-state index in [1.165, 1.54) is 109 Å². The van der Waals surface area contributed by atoms with Crippen molar-refractivity contribution in [1.82, 2.24) is 0 Å². The normalized spacial score (nSPS) is 11.6. The lowest BCUT2D eigenvalue weighted by Gasteiger charge is -2.17. The summed E-state index contributed by atoms with van der Waals surface area (Å²) in [5, 5.41) is 12.6. The molecule has 0 aromatic heterocycles. The summed E-state index contributed by atoms with van der Waals surface area (Å²) in [6.45, 7) is 0. The van der Waals surface area contributed by atoms with Crippen molar-refractivity contribution in [3.63, 3.8) is 0 Å². The summed E-state index contributed by atoms with van der Waals surface area (Å²) in [5.74, 6) is 0. The zero-order chi connectivity index (χ0) is 37.0. The van der Waals surface area contributed by atoms with E-state index < -0.39 is 0 Å². The summed E-state index contributed by atoms with van der Waals surface area (Å²) in [5.41, 5.74) is 12.4. The average molecular weight is 709 g/mol. The molecule has 0 bridgehead atoms. The predicted octanol–water partition coefficient (Wildman–Crippen LogP) is 15.8. The van der Waals surface area contributed by atoms with E-state index in [9.17, 15) is 0 Å². The molecule has 56 heavy (non-hydrogen) atoms. The lowest BCUT2D eigenvalue weighted by molar-refractivity contribution is 1.61. The van der Waals surface area contributed by atoms with E-state index in [0.717, 1.165) is 0 Å². The first-order chi connectivity index (χ1) is 27.8. The topological polar surface area (TPSA) is 0 Å². The highest BCUT2D eigenvalue weighted by atomic mass is 14.2. The second kappa shape index (κ2) is 13.2. The minimum absolute atomic E-state index is 1.22. The van der Waals surface area contributed by atoms with Crippen molar-refractivity contribution in [3.05, 3.63) is 218 Å². The van der Waals surface area contributed by atoms with E-state index in [-0.39, 0.29) is 0 Å². The number of hydrogen-bond donors (Lipinski definition) is 0. The molecule has 0 amide bonds.